The van der Waals surface area contributed by atoms with Crippen molar-refractivity contribution in [1.82, 2.24) is 4.90 Å². The molecule has 3 rings (SSSR count). The van der Waals surface area contributed by atoms with Crippen LogP contribution in [0, 0.1) is 5.92 Å². The van der Waals surface area contributed by atoms with Gasteiger partial charge in [0.2, 0.25) is 0 Å². The first kappa shape index (κ1) is 17.8. The summed E-state index contributed by atoms with van der Waals surface area (Å²) in [6, 6.07) is 9.12. The van der Waals surface area contributed by atoms with Crippen LogP contribution in [-0.4, -0.2) is 61.4 Å². The largest absolute Gasteiger partial charge is 0.453 e. The van der Waals surface area contributed by atoms with E-state index in [1.807, 2.05) is 30.3 Å². The van der Waals surface area contributed by atoms with Crippen molar-refractivity contribution < 1.29 is 23.9 Å². The number of morpholine rings is 1. The smallest absolute Gasteiger partial charge is 0.325 e. The minimum atomic E-state index is -1.26. The third-order valence-corrected chi connectivity index (χ3v) is 4.68. The predicted octanol–water partition coefficient (Wildman–Crippen LogP) is 1.02. The lowest BCUT2D eigenvalue weighted by Gasteiger charge is -2.26. The SMILES string of the molecule is O=C(Cc1ccccc1)C1C(=O)OC(CCCN2CCOCC2)C1=O. The van der Waals surface area contributed by atoms with Crippen molar-refractivity contribution in [2.24, 2.45) is 5.92 Å². The van der Waals surface area contributed by atoms with Gasteiger partial charge in [0.15, 0.2) is 23.6 Å². The molecule has 0 saturated carbocycles. The van der Waals surface area contributed by atoms with Crippen LogP contribution in [0.15, 0.2) is 30.3 Å². The molecule has 0 aromatic heterocycles. The number of cyclic esters (lactones) is 1. The lowest BCUT2D eigenvalue weighted by atomic mass is 9.92. The van der Waals surface area contributed by atoms with Crippen LogP contribution in [0.3, 0.4) is 0 Å². The Hall–Kier alpha value is -2.05. The molecule has 25 heavy (non-hydrogen) atoms. The van der Waals surface area contributed by atoms with Gasteiger partial charge in [-0.05, 0) is 24.9 Å². The Bertz CT molecular complexity index is 624. The van der Waals surface area contributed by atoms with Crippen molar-refractivity contribution >= 4 is 17.5 Å². The Kier molecular flexibility index (Phi) is 5.94. The Balaban J connectivity index is 1.50. The predicted molar refractivity (Wildman–Crippen MR) is 90.0 cm³/mol. The summed E-state index contributed by atoms with van der Waals surface area (Å²) in [6.45, 7) is 4.07. The van der Waals surface area contributed by atoms with Crippen LogP contribution in [0.2, 0.25) is 0 Å². The maximum Gasteiger partial charge on any atom is 0.325 e. The molecule has 0 N–H and O–H groups in total. The van der Waals surface area contributed by atoms with E-state index in [2.05, 4.69) is 4.90 Å². The number of benzene rings is 1. The van der Waals surface area contributed by atoms with E-state index >= 15 is 0 Å². The van der Waals surface area contributed by atoms with Gasteiger partial charge in [-0.2, -0.15) is 0 Å². The average Bonchev–Trinajstić information content (AvgIpc) is 2.90. The lowest BCUT2D eigenvalue weighted by Crippen LogP contribution is -2.37. The summed E-state index contributed by atoms with van der Waals surface area (Å²) in [4.78, 5) is 39.1. The van der Waals surface area contributed by atoms with Crippen LogP contribution in [0.4, 0.5) is 0 Å². The molecule has 0 spiro atoms. The highest BCUT2D eigenvalue weighted by Gasteiger charge is 2.46. The van der Waals surface area contributed by atoms with Gasteiger partial charge in [-0.15, -0.1) is 0 Å². The number of Topliss-reactive ketones (excluding diaryl/α,β-unsaturated/α-hetero) is 2. The average molecular weight is 345 g/mol. The van der Waals surface area contributed by atoms with Gasteiger partial charge >= 0.3 is 5.97 Å². The van der Waals surface area contributed by atoms with E-state index in [4.69, 9.17) is 9.47 Å². The zero-order valence-electron chi connectivity index (χ0n) is 14.2. The molecule has 134 valence electrons. The fourth-order valence-electron chi connectivity index (χ4n) is 3.28. The first-order valence-electron chi connectivity index (χ1n) is 8.76. The van der Waals surface area contributed by atoms with E-state index in [0.717, 1.165) is 44.8 Å². The molecule has 1 aromatic carbocycles. The van der Waals surface area contributed by atoms with E-state index in [0.29, 0.717) is 6.42 Å². The first-order chi connectivity index (χ1) is 12.1. The summed E-state index contributed by atoms with van der Waals surface area (Å²) in [6.07, 6.45) is 0.519. The monoisotopic (exact) mass is 345 g/mol. The van der Waals surface area contributed by atoms with E-state index in [1.54, 1.807) is 0 Å². The standard InChI is InChI=1S/C19H23NO5/c21-15(13-14-5-2-1-3-6-14)17-18(22)16(25-19(17)23)7-4-8-20-9-11-24-12-10-20/h1-3,5-6,16-17H,4,7-13H2. The molecular formula is C19H23NO5. The van der Waals surface area contributed by atoms with Gasteiger partial charge < -0.3 is 9.47 Å². The number of carbonyl (C=O) groups excluding carboxylic acids is 3. The van der Waals surface area contributed by atoms with Gasteiger partial charge in [0.05, 0.1) is 13.2 Å². The van der Waals surface area contributed by atoms with Gasteiger partial charge in [-0.25, -0.2) is 0 Å². The molecule has 2 aliphatic rings. The molecule has 2 atom stereocenters. The van der Waals surface area contributed by atoms with Crippen LogP contribution in [0.1, 0.15) is 18.4 Å². The van der Waals surface area contributed by atoms with Crippen molar-refractivity contribution in [3.8, 4) is 0 Å². The van der Waals surface area contributed by atoms with E-state index in [1.165, 1.54) is 0 Å². The quantitative estimate of drug-likeness (QED) is 0.543. The maximum absolute atomic E-state index is 12.4. The third kappa shape index (κ3) is 4.52. The van der Waals surface area contributed by atoms with Crippen LogP contribution >= 0.6 is 0 Å². The molecule has 1 aromatic rings. The fraction of sp³-hybridized carbons (Fsp3) is 0.526. The molecule has 0 aliphatic carbocycles. The fourth-order valence-corrected chi connectivity index (χ4v) is 3.28. The first-order valence-corrected chi connectivity index (χ1v) is 8.76. The highest BCUT2D eigenvalue weighted by Crippen LogP contribution is 2.23. The van der Waals surface area contributed by atoms with Crippen LogP contribution < -0.4 is 0 Å². The second kappa shape index (κ2) is 8.36. The lowest BCUT2D eigenvalue weighted by molar-refractivity contribution is -0.146. The molecule has 2 fully saturated rings. The second-order valence-corrected chi connectivity index (χ2v) is 6.49. The number of rotatable bonds is 7. The summed E-state index contributed by atoms with van der Waals surface area (Å²) < 4.78 is 10.5. The summed E-state index contributed by atoms with van der Waals surface area (Å²) in [5.74, 6) is -2.71. The number of carbonyl (C=O) groups is 3. The molecule has 0 radical (unpaired) electrons. The van der Waals surface area contributed by atoms with E-state index in [9.17, 15) is 14.4 Å². The summed E-state index contributed by atoms with van der Waals surface area (Å²) in [5.41, 5.74) is 0.795. The zero-order valence-corrected chi connectivity index (χ0v) is 14.2. The third-order valence-electron chi connectivity index (χ3n) is 4.68. The Morgan fingerprint density at radius 1 is 1.12 bits per heavy atom. The van der Waals surface area contributed by atoms with Crippen LogP contribution in [0.5, 0.6) is 0 Å². The minimum absolute atomic E-state index is 0.0762. The van der Waals surface area contributed by atoms with Crippen LogP contribution in [-0.2, 0) is 30.3 Å². The summed E-state index contributed by atoms with van der Waals surface area (Å²) in [7, 11) is 0. The molecule has 0 amide bonds. The Morgan fingerprint density at radius 3 is 2.56 bits per heavy atom. The number of nitrogens with zero attached hydrogens (tertiary/aromatic N) is 1. The number of hydrogen-bond donors (Lipinski definition) is 0. The molecule has 2 aliphatic heterocycles. The van der Waals surface area contributed by atoms with E-state index < -0.39 is 18.0 Å². The highest BCUT2D eigenvalue weighted by molar-refractivity contribution is 6.22. The molecule has 2 unspecified atom stereocenters. The Morgan fingerprint density at radius 2 is 1.84 bits per heavy atom. The molecule has 2 saturated heterocycles. The second-order valence-electron chi connectivity index (χ2n) is 6.49. The summed E-state index contributed by atoms with van der Waals surface area (Å²) in [5, 5.41) is 0. The van der Waals surface area contributed by atoms with Crippen molar-refractivity contribution in [3.05, 3.63) is 35.9 Å². The number of esters is 1. The number of ketones is 2. The molecule has 6 nitrogen and oxygen atoms in total. The Labute approximate surface area is 147 Å². The van der Waals surface area contributed by atoms with E-state index in [-0.39, 0.29) is 18.0 Å². The molecular weight excluding hydrogens is 322 g/mol. The minimum Gasteiger partial charge on any atom is -0.453 e. The van der Waals surface area contributed by atoms with Crippen molar-refractivity contribution in [1.29, 1.82) is 0 Å². The van der Waals surface area contributed by atoms with Crippen molar-refractivity contribution in [2.75, 3.05) is 32.8 Å². The normalized spacial score (nSPS) is 24.3. The summed E-state index contributed by atoms with van der Waals surface area (Å²) >= 11 is 0. The van der Waals surface area contributed by atoms with Gasteiger partial charge in [0.25, 0.3) is 0 Å². The highest BCUT2D eigenvalue weighted by atomic mass is 16.6. The molecule has 6 heteroatoms. The van der Waals surface area contributed by atoms with Crippen molar-refractivity contribution in [3.63, 3.8) is 0 Å². The molecule has 0 bridgehead atoms. The molecule has 2 heterocycles. The topological polar surface area (TPSA) is 72.9 Å². The van der Waals surface area contributed by atoms with Gasteiger partial charge in [-0.1, -0.05) is 30.3 Å². The van der Waals surface area contributed by atoms with Gasteiger partial charge in [0.1, 0.15) is 0 Å². The van der Waals surface area contributed by atoms with Gasteiger partial charge in [0, 0.05) is 19.5 Å². The zero-order chi connectivity index (χ0) is 17.6. The van der Waals surface area contributed by atoms with Crippen LogP contribution in [0.25, 0.3) is 0 Å². The van der Waals surface area contributed by atoms with Crippen molar-refractivity contribution in [2.45, 2.75) is 25.4 Å². The maximum atomic E-state index is 12.4. The number of ether oxygens (including phenoxy) is 2. The number of hydrogen-bond acceptors (Lipinski definition) is 6. The van der Waals surface area contributed by atoms with Gasteiger partial charge in [-0.3, -0.25) is 19.3 Å².